The summed E-state index contributed by atoms with van der Waals surface area (Å²) in [5.74, 6) is 2.25. The molecule has 0 unspecified atom stereocenters. The molecule has 5 fully saturated rings. The summed E-state index contributed by atoms with van der Waals surface area (Å²) in [5, 5.41) is 0. The molecule has 5 aliphatic carbocycles. The van der Waals surface area contributed by atoms with E-state index in [1.54, 1.807) is 6.92 Å². The second kappa shape index (κ2) is 8.19. The Kier molecular flexibility index (Phi) is 5.97. The van der Waals surface area contributed by atoms with E-state index in [1.165, 1.54) is 63.2 Å². The summed E-state index contributed by atoms with van der Waals surface area (Å²) in [6.45, 7) is 17.9. The number of ether oxygens (including phenoxy) is 1. The first-order chi connectivity index (χ1) is 16.4. The molecule has 35 heavy (non-hydrogen) atoms. The first-order valence-corrected chi connectivity index (χ1v) is 14.7. The maximum absolute atomic E-state index is 12.4. The normalized spacial score (nSPS) is 49.8. The molecule has 2 spiro atoms. The monoisotopic (exact) mass is 482 g/mol. The van der Waals surface area contributed by atoms with Gasteiger partial charge in [0.1, 0.15) is 12.4 Å². The number of carbonyl (C=O) groups is 2. The third-order valence-corrected chi connectivity index (χ3v) is 13.0. The lowest BCUT2D eigenvalue weighted by Gasteiger charge is -2.63. The van der Waals surface area contributed by atoms with Crippen LogP contribution in [0.2, 0.25) is 0 Å². The van der Waals surface area contributed by atoms with Crippen LogP contribution in [-0.4, -0.2) is 18.4 Å². The lowest BCUT2D eigenvalue weighted by atomic mass is 9.43. The molecule has 5 saturated carbocycles. The van der Waals surface area contributed by atoms with Gasteiger partial charge in [0.15, 0.2) is 0 Å². The van der Waals surface area contributed by atoms with Crippen LogP contribution in [0.5, 0.6) is 0 Å². The van der Waals surface area contributed by atoms with Gasteiger partial charge >= 0.3 is 5.97 Å². The summed E-state index contributed by atoms with van der Waals surface area (Å²) in [4.78, 5) is 24.3. The van der Waals surface area contributed by atoms with Gasteiger partial charge in [-0.15, -0.1) is 0 Å². The van der Waals surface area contributed by atoms with Gasteiger partial charge in [-0.1, -0.05) is 46.3 Å². The molecule has 9 atom stereocenters. The van der Waals surface area contributed by atoms with Crippen LogP contribution in [-0.2, 0) is 14.3 Å². The predicted octanol–water partition coefficient (Wildman–Crippen LogP) is 7.92. The van der Waals surface area contributed by atoms with Gasteiger partial charge in [0.25, 0.3) is 0 Å². The van der Waals surface area contributed by atoms with Crippen molar-refractivity contribution in [1.29, 1.82) is 0 Å². The minimum atomic E-state index is -0.130. The fourth-order valence-electron chi connectivity index (χ4n) is 11.4. The van der Waals surface area contributed by atoms with Crippen LogP contribution < -0.4 is 0 Å². The van der Waals surface area contributed by atoms with Crippen molar-refractivity contribution in [3.8, 4) is 0 Å². The fraction of sp³-hybridized carbons (Fsp3) is 0.875. The average molecular weight is 483 g/mol. The molecular formula is C32H50O3. The van der Waals surface area contributed by atoms with Crippen molar-refractivity contribution >= 4 is 12.3 Å². The van der Waals surface area contributed by atoms with E-state index in [4.69, 9.17) is 4.74 Å². The van der Waals surface area contributed by atoms with Crippen molar-refractivity contribution in [1.82, 2.24) is 0 Å². The Hall–Kier alpha value is -1.12. The van der Waals surface area contributed by atoms with Gasteiger partial charge < -0.3 is 9.53 Å². The van der Waals surface area contributed by atoms with Crippen molar-refractivity contribution in [3.05, 3.63) is 12.2 Å². The number of esters is 1. The first-order valence-electron chi connectivity index (χ1n) is 14.7. The standard InChI is InChI=1S/C32H50O3/c1-8-9-26-29(7)13-12-27(35-22(4)34)28(5,6)25(29)11-15-32(26)19-31(32)17-16-30(20-33)14-10-23(21(2)3)24(30)18-31/h20,23-27H,2,8-19H2,1,3-7H3/t23-,24-,25-,26+,27-,29-,30+,31+,32-/m0/s1. The van der Waals surface area contributed by atoms with Gasteiger partial charge in [0.05, 0.1) is 0 Å². The summed E-state index contributed by atoms with van der Waals surface area (Å²) in [6.07, 6.45) is 16.0. The van der Waals surface area contributed by atoms with E-state index in [9.17, 15) is 9.59 Å². The molecule has 0 saturated heterocycles. The lowest BCUT2D eigenvalue weighted by Crippen LogP contribution is -2.58. The molecule has 3 heteroatoms. The van der Waals surface area contributed by atoms with Crippen molar-refractivity contribution < 1.29 is 14.3 Å². The topological polar surface area (TPSA) is 43.4 Å². The molecule has 0 N–H and O–H groups in total. The highest BCUT2D eigenvalue weighted by Crippen LogP contribution is 2.84. The molecule has 0 aromatic rings. The van der Waals surface area contributed by atoms with Gasteiger partial charge in [-0.3, -0.25) is 4.79 Å². The van der Waals surface area contributed by atoms with E-state index >= 15 is 0 Å². The number of carbonyl (C=O) groups excluding carboxylic acids is 2. The van der Waals surface area contributed by atoms with Crippen molar-refractivity contribution in [3.63, 3.8) is 0 Å². The molecule has 0 radical (unpaired) electrons. The molecule has 5 aliphatic rings. The van der Waals surface area contributed by atoms with Crippen LogP contribution in [0.25, 0.3) is 0 Å². The maximum Gasteiger partial charge on any atom is 0.302 e. The SMILES string of the molecule is C=C(C)[C@@H]1CC[C@]2(C=O)CC[C@@]3(C[C@@H]12)C[C@]31CC[C@H]2C(C)(C)[C@@H](OC(C)=O)CC[C@]2(C)[C@H]1CCC. The fourth-order valence-corrected chi connectivity index (χ4v) is 11.4. The van der Waals surface area contributed by atoms with Crippen molar-refractivity contribution in [2.24, 2.45) is 50.7 Å². The number of allylic oxidation sites excluding steroid dienone is 1. The average Bonchev–Trinajstić information content (AvgIpc) is 3.20. The largest absolute Gasteiger partial charge is 0.462 e. The molecule has 0 aliphatic heterocycles. The Labute approximate surface area is 214 Å². The second-order valence-corrected chi connectivity index (χ2v) is 14.7. The second-order valence-electron chi connectivity index (χ2n) is 14.7. The minimum absolute atomic E-state index is 0.0179. The summed E-state index contributed by atoms with van der Waals surface area (Å²) < 4.78 is 5.90. The molecule has 0 aromatic carbocycles. The van der Waals surface area contributed by atoms with Crippen LogP contribution in [0.4, 0.5) is 0 Å². The number of fused-ring (bicyclic) bond motifs is 3. The Morgan fingerprint density at radius 3 is 2.40 bits per heavy atom. The van der Waals surface area contributed by atoms with Crippen molar-refractivity contribution in [2.45, 2.75) is 125 Å². The Morgan fingerprint density at radius 2 is 1.77 bits per heavy atom. The lowest BCUT2D eigenvalue weighted by molar-refractivity contribution is -0.189. The Morgan fingerprint density at radius 1 is 1.03 bits per heavy atom. The highest BCUT2D eigenvalue weighted by atomic mass is 16.5. The quantitative estimate of drug-likeness (QED) is 0.227. The number of hydrogen-bond donors (Lipinski definition) is 0. The highest BCUT2D eigenvalue weighted by Gasteiger charge is 2.77. The predicted molar refractivity (Wildman–Crippen MR) is 141 cm³/mol. The smallest absolute Gasteiger partial charge is 0.302 e. The highest BCUT2D eigenvalue weighted by molar-refractivity contribution is 5.66. The molecular weight excluding hydrogens is 432 g/mol. The first kappa shape index (κ1) is 25.5. The van der Waals surface area contributed by atoms with E-state index in [2.05, 4.69) is 41.2 Å². The van der Waals surface area contributed by atoms with Gasteiger partial charge in [-0.2, -0.15) is 0 Å². The summed E-state index contributed by atoms with van der Waals surface area (Å²) in [6, 6.07) is 0. The zero-order valence-electron chi connectivity index (χ0n) is 23.4. The van der Waals surface area contributed by atoms with Crippen molar-refractivity contribution in [2.75, 3.05) is 0 Å². The van der Waals surface area contributed by atoms with Crippen LogP contribution in [0.3, 0.4) is 0 Å². The van der Waals surface area contributed by atoms with Crippen LogP contribution in [0.1, 0.15) is 119 Å². The summed E-state index contributed by atoms with van der Waals surface area (Å²) in [5.41, 5.74) is 2.44. The molecule has 196 valence electrons. The molecule has 5 rings (SSSR count). The van der Waals surface area contributed by atoms with Gasteiger partial charge in [-0.25, -0.2) is 0 Å². The van der Waals surface area contributed by atoms with E-state index in [-0.39, 0.29) is 22.9 Å². The maximum atomic E-state index is 12.4. The molecule has 3 nitrogen and oxygen atoms in total. The van der Waals surface area contributed by atoms with Crippen LogP contribution in [0.15, 0.2) is 12.2 Å². The van der Waals surface area contributed by atoms with E-state index in [0.29, 0.717) is 34.0 Å². The van der Waals surface area contributed by atoms with Gasteiger partial charge in [0, 0.05) is 17.8 Å². The summed E-state index contributed by atoms with van der Waals surface area (Å²) >= 11 is 0. The zero-order chi connectivity index (χ0) is 25.4. The number of rotatable bonds is 5. The number of aldehydes is 1. The van der Waals surface area contributed by atoms with Gasteiger partial charge in [0.2, 0.25) is 0 Å². The zero-order valence-corrected chi connectivity index (χ0v) is 23.4. The molecule has 0 amide bonds. The minimum Gasteiger partial charge on any atom is -0.462 e. The number of hydrogen-bond acceptors (Lipinski definition) is 3. The Bertz CT molecular complexity index is 904. The van der Waals surface area contributed by atoms with Crippen LogP contribution in [0, 0.1) is 50.7 Å². The van der Waals surface area contributed by atoms with E-state index in [0.717, 1.165) is 31.6 Å². The van der Waals surface area contributed by atoms with Gasteiger partial charge in [-0.05, 0) is 117 Å². The molecule has 0 heterocycles. The molecule has 0 aromatic heterocycles. The van der Waals surface area contributed by atoms with E-state index in [1.807, 2.05) is 0 Å². The Balaban J connectivity index is 1.46. The third kappa shape index (κ3) is 3.41. The molecule has 0 bridgehead atoms. The summed E-state index contributed by atoms with van der Waals surface area (Å²) in [7, 11) is 0. The van der Waals surface area contributed by atoms with E-state index < -0.39 is 0 Å². The third-order valence-electron chi connectivity index (χ3n) is 13.0. The van der Waals surface area contributed by atoms with Crippen LogP contribution >= 0.6 is 0 Å².